The Labute approximate surface area is 171 Å². The van der Waals surface area contributed by atoms with Crippen LogP contribution >= 0.6 is 0 Å². The molecule has 1 N–H and O–H groups in total. The highest BCUT2D eigenvalue weighted by Crippen LogP contribution is 2.32. The first kappa shape index (κ1) is 19.9. The number of methoxy groups -OCH3 is 1. The van der Waals surface area contributed by atoms with Gasteiger partial charge in [-0.2, -0.15) is 4.31 Å². The number of carbonyl (C=O) groups is 1. The number of amides is 2. The summed E-state index contributed by atoms with van der Waals surface area (Å²) in [6.45, 7) is 2.29. The fraction of sp³-hybridized carbons (Fsp3) is 0.381. The van der Waals surface area contributed by atoms with E-state index in [0.29, 0.717) is 39.2 Å². The van der Waals surface area contributed by atoms with Crippen molar-refractivity contribution < 1.29 is 17.9 Å². The third-order valence-corrected chi connectivity index (χ3v) is 7.35. The molecule has 0 saturated carbocycles. The highest BCUT2D eigenvalue weighted by Gasteiger charge is 2.31. The maximum atomic E-state index is 13.2. The van der Waals surface area contributed by atoms with Gasteiger partial charge in [0.1, 0.15) is 0 Å². The van der Waals surface area contributed by atoms with E-state index in [9.17, 15) is 13.2 Å². The number of fused-ring (bicyclic) bond motifs is 2. The van der Waals surface area contributed by atoms with Crippen LogP contribution in [0.4, 0.5) is 10.5 Å². The lowest BCUT2D eigenvalue weighted by Gasteiger charge is -2.28. The van der Waals surface area contributed by atoms with Gasteiger partial charge in [-0.1, -0.05) is 24.3 Å². The molecule has 2 aliphatic rings. The Morgan fingerprint density at radius 2 is 1.83 bits per heavy atom. The van der Waals surface area contributed by atoms with E-state index >= 15 is 0 Å². The average molecular weight is 416 g/mol. The average Bonchev–Trinajstić information content (AvgIpc) is 3.17. The maximum Gasteiger partial charge on any atom is 0.321 e. The topological polar surface area (TPSA) is 79.0 Å². The number of hydrogen-bond donors (Lipinski definition) is 1. The minimum atomic E-state index is -3.58. The Bertz CT molecular complexity index is 1020. The first-order valence-corrected chi connectivity index (χ1v) is 11.2. The third-order valence-electron chi connectivity index (χ3n) is 5.51. The van der Waals surface area contributed by atoms with E-state index in [2.05, 4.69) is 11.4 Å². The zero-order chi connectivity index (χ0) is 20.4. The third kappa shape index (κ3) is 3.88. The standard InChI is InChI=1S/C21H25N3O4S/c1-28-13-10-22-21(25)24-12-9-17-14-19(6-7-20(17)24)29(26,27)23-11-8-16-4-2-3-5-18(16)15-23/h2-7,14H,8-13,15H2,1H3,(H,22,25). The Morgan fingerprint density at radius 3 is 2.62 bits per heavy atom. The number of anilines is 1. The van der Waals surface area contributed by atoms with Gasteiger partial charge in [0.05, 0.1) is 11.5 Å². The van der Waals surface area contributed by atoms with E-state index < -0.39 is 10.0 Å². The van der Waals surface area contributed by atoms with Gasteiger partial charge in [-0.15, -0.1) is 0 Å². The summed E-state index contributed by atoms with van der Waals surface area (Å²) in [7, 11) is -2.00. The predicted molar refractivity (Wildman–Crippen MR) is 111 cm³/mol. The molecule has 0 atom stereocenters. The summed E-state index contributed by atoms with van der Waals surface area (Å²) in [6, 6.07) is 12.8. The second-order valence-electron chi connectivity index (χ2n) is 7.27. The normalized spacial score (nSPS) is 16.4. The van der Waals surface area contributed by atoms with Crippen LogP contribution in [0.15, 0.2) is 47.4 Å². The van der Waals surface area contributed by atoms with Crippen molar-refractivity contribution >= 4 is 21.7 Å². The molecule has 0 aliphatic carbocycles. The van der Waals surface area contributed by atoms with Crippen LogP contribution < -0.4 is 10.2 Å². The molecule has 4 rings (SSSR count). The number of nitrogens with one attached hydrogen (secondary N) is 1. The van der Waals surface area contributed by atoms with E-state index in [0.717, 1.165) is 23.2 Å². The Hall–Kier alpha value is -2.42. The van der Waals surface area contributed by atoms with Gasteiger partial charge in [-0.05, 0) is 47.7 Å². The van der Waals surface area contributed by atoms with Gasteiger partial charge in [-0.3, -0.25) is 4.90 Å². The van der Waals surface area contributed by atoms with E-state index in [4.69, 9.17) is 4.74 Å². The van der Waals surface area contributed by atoms with Crippen LogP contribution in [0.5, 0.6) is 0 Å². The number of carbonyl (C=O) groups excluding carboxylic acids is 1. The van der Waals surface area contributed by atoms with Crippen LogP contribution in [0.25, 0.3) is 0 Å². The van der Waals surface area contributed by atoms with Crippen molar-refractivity contribution in [3.8, 4) is 0 Å². The summed E-state index contributed by atoms with van der Waals surface area (Å²) in [5.74, 6) is 0. The van der Waals surface area contributed by atoms with Crippen LogP contribution in [0.1, 0.15) is 16.7 Å². The molecule has 0 bridgehead atoms. The van der Waals surface area contributed by atoms with Gasteiger partial charge in [0.2, 0.25) is 10.0 Å². The highest BCUT2D eigenvalue weighted by atomic mass is 32.2. The molecule has 0 fully saturated rings. The second kappa shape index (κ2) is 8.14. The molecule has 29 heavy (non-hydrogen) atoms. The lowest BCUT2D eigenvalue weighted by atomic mass is 10.0. The number of urea groups is 1. The van der Waals surface area contributed by atoms with E-state index in [-0.39, 0.29) is 10.9 Å². The minimum absolute atomic E-state index is 0.191. The SMILES string of the molecule is COCCNC(=O)N1CCc2cc(S(=O)(=O)N3CCc4ccccc4C3)ccc21. The minimum Gasteiger partial charge on any atom is -0.383 e. The number of sulfonamides is 1. The zero-order valence-electron chi connectivity index (χ0n) is 16.4. The molecule has 2 amide bonds. The van der Waals surface area contributed by atoms with Crippen LogP contribution in [0.3, 0.4) is 0 Å². The Morgan fingerprint density at radius 1 is 1.07 bits per heavy atom. The van der Waals surface area contributed by atoms with Crippen molar-refractivity contribution in [2.75, 3.05) is 38.3 Å². The summed E-state index contributed by atoms with van der Waals surface area (Å²) in [6.07, 6.45) is 1.36. The molecule has 0 spiro atoms. The molecule has 0 aromatic heterocycles. The fourth-order valence-corrected chi connectivity index (χ4v) is 5.40. The summed E-state index contributed by atoms with van der Waals surface area (Å²) >= 11 is 0. The Kier molecular flexibility index (Phi) is 5.58. The molecule has 0 unspecified atom stereocenters. The molecule has 154 valence electrons. The van der Waals surface area contributed by atoms with Gasteiger partial charge >= 0.3 is 6.03 Å². The number of benzene rings is 2. The molecular formula is C21H25N3O4S. The van der Waals surface area contributed by atoms with Crippen molar-refractivity contribution in [2.45, 2.75) is 24.3 Å². The molecule has 2 heterocycles. The second-order valence-corrected chi connectivity index (χ2v) is 9.21. The molecule has 2 aromatic carbocycles. The van der Waals surface area contributed by atoms with Crippen molar-refractivity contribution in [2.24, 2.45) is 0 Å². The molecule has 0 radical (unpaired) electrons. The Balaban J connectivity index is 1.53. The van der Waals surface area contributed by atoms with E-state index in [1.165, 1.54) is 5.56 Å². The van der Waals surface area contributed by atoms with Crippen molar-refractivity contribution in [3.63, 3.8) is 0 Å². The molecule has 2 aliphatic heterocycles. The molecule has 2 aromatic rings. The molecule has 8 heteroatoms. The summed E-state index contributed by atoms with van der Waals surface area (Å²) in [5, 5.41) is 2.81. The lowest BCUT2D eigenvalue weighted by Crippen LogP contribution is -2.40. The summed E-state index contributed by atoms with van der Waals surface area (Å²) in [4.78, 5) is 14.3. The predicted octanol–water partition coefficient (Wildman–Crippen LogP) is 2.15. The van der Waals surface area contributed by atoms with Crippen LogP contribution in [-0.4, -0.2) is 52.1 Å². The molecule has 0 saturated heterocycles. The van der Waals surface area contributed by atoms with Gasteiger partial charge < -0.3 is 10.1 Å². The van der Waals surface area contributed by atoms with Crippen molar-refractivity contribution in [3.05, 3.63) is 59.2 Å². The van der Waals surface area contributed by atoms with Gasteiger partial charge in [0, 0.05) is 39.0 Å². The molecule has 7 nitrogen and oxygen atoms in total. The van der Waals surface area contributed by atoms with Crippen LogP contribution in [0.2, 0.25) is 0 Å². The highest BCUT2D eigenvalue weighted by molar-refractivity contribution is 7.89. The zero-order valence-corrected chi connectivity index (χ0v) is 17.2. The first-order valence-electron chi connectivity index (χ1n) is 9.75. The van der Waals surface area contributed by atoms with Gasteiger partial charge in [0.15, 0.2) is 0 Å². The van der Waals surface area contributed by atoms with Crippen LogP contribution in [0, 0.1) is 0 Å². The summed E-state index contributed by atoms with van der Waals surface area (Å²) < 4.78 is 32.9. The number of ether oxygens (including phenoxy) is 1. The van der Waals surface area contributed by atoms with Gasteiger partial charge in [-0.25, -0.2) is 13.2 Å². The first-order chi connectivity index (χ1) is 14.0. The molecular weight excluding hydrogens is 390 g/mol. The van der Waals surface area contributed by atoms with Crippen molar-refractivity contribution in [1.29, 1.82) is 0 Å². The number of hydrogen-bond acceptors (Lipinski definition) is 4. The van der Waals surface area contributed by atoms with E-state index in [1.54, 1.807) is 34.5 Å². The summed E-state index contributed by atoms with van der Waals surface area (Å²) in [5.41, 5.74) is 3.92. The van der Waals surface area contributed by atoms with Crippen molar-refractivity contribution in [1.82, 2.24) is 9.62 Å². The number of rotatable bonds is 5. The number of nitrogens with zero attached hydrogens (tertiary/aromatic N) is 2. The maximum absolute atomic E-state index is 13.2. The lowest BCUT2D eigenvalue weighted by molar-refractivity contribution is 0.197. The largest absolute Gasteiger partial charge is 0.383 e. The quantitative estimate of drug-likeness (QED) is 0.759. The fourth-order valence-electron chi connectivity index (χ4n) is 3.93. The van der Waals surface area contributed by atoms with E-state index in [1.807, 2.05) is 18.2 Å². The smallest absolute Gasteiger partial charge is 0.321 e. The van der Waals surface area contributed by atoms with Gasteiger partial charge in [0.25, 0.3) is 0 Å². The monoisotopic (exact) mass is 415 g/mol. The van der Waals surface area contributed by atoms with Crippen LogP contribution in [-0.2, 0) is 34.1 Å².